The molecular formula is C12H19N3O2S. The highest BCUT2D eigenvalue weighted by atomic mass is 32.2. The lowest BCUT2D eigenvalue weighted by Crippen LogP contribution is -2.16. The average molecular weight is 269 g/mol. The van der Waals surface area contributed by atoms with E-state index in [1.54, 1.807) is 0 Å². The topological polar surface area (TPSA) is 71.1 Å². The Kier molecular flexibility index (Phi) is 4.06. The number of sulfone groups is 1. The Hall–Kier alpha value is -1.30. The molecular weight excluding hydrogens is 250 g/mol. The highest BCUT2D eigenvalue weighted by molar-refractivity contribution is 7.91. The Morgan fingerprint density at radius 1 is 1.33 bits per heavy atom. The van der Waals surface area contributed by atoms with E-state index in [4.69, 9.17) is 0 Å². The molecule has 0 radical (unpaired) electrons. The van der Waals surface area contributed by atoms with Crippen molar-refractivity contribution in [3.63, 3.8) is 0 Å². The summed E-state index contributed by atoms with van der Waals surface area (Å²) in [6.07, 6.45) is 0.752. The Morgan fingerprint density at radius 2 is 2.06 bits per heavy atom. The normalized spacial score (nSPS) is 21.7. The zero-order valence-electron chi connectivity index (χ0n) is 10.5. The van der Waals surface area contributed by atoms with Gasteiger partial charge in [-0.2, -0.15) is 0 Å². The van der Waals surface area contributed by atoms with Crippen LogP contribution >= 0.6 is 0 Å². The smallest absolute Gasteiger partial charge is 0.150 e. The van der Waals surface area contributed by atoms with E-state index in [0.717, 1.165) is 24.6 Å². The second-order valence-electron chi connectivity index (χ2n) is 4.59. The van der Waals surface area contributed by atoms with Gasteiger partial charge in [-0.05, 0) is 31.4 Å². The summed E-state index contributed by atoms with van der Waals surface area (Å²) in [5, 5.41) is 6.35. The number of anilines is 2. The van der Waals surface area contributed by atoms with Crippen molar-refractivity contribution in [2.24, 2.45) is 5.92 Å². The van der Waals surface area contributed by atoms with Crippen molar-refractivity contribution < 1.29 is 8.42 Å². The summed E-state index contributed by atoms with van der Waals surface area (Å²) in [5.41, 5.74) is 0. The van der Waals surface area contributed by atoms with E-state index in [1.165, 1.54) is 0 Å². The van der Waals surface area contributed by atoms with Crippen LogP contribution in [0.1, 0.15) is 13.3 Å². The lowest BCUT2D eigenvalue weighted by molar-refractivity contribution is 0.595. The minimum absolute atomic E-state index is 0.208. The molecule has 0 aliphatic carbocycles. The van der Waals surface area contributed by atoms with E-state index in [1.807, 2.05) is 25.1 Å². The van der Waals surface area contributed by atoms with E-state index in [0.29, 0.717) is 18.1 Å². The molecule has 6 heteroatoms. The van der Waals surface area contributed by atoms with Gasteiger partial charge in [0.2, 0.25) is 0 Å². The van der Waals surface area contributed by atoms with Crippen LogP contribution in [0.3, 0.4) is 0 Å². The SMILES string of the molecule is CCNc1cccc(NCC2CCS(=O)(=O)C2)n1. The monoisotopic (exact) mass is 269 g/mol. The average Bonchev–Trinajstić information content (AvgIpc) is 2.68. The van der Waals surface area contributed by atoms with Crippen LogP contribution in [0.5, 0.6) is 0 Å². The molecule has 1 atom stereocenters. The Balaban J connectivity index is 1.88. The fourth-order valence-corrected chi connectivity index (χ4v) is 3.96. The zero-order valence-corrected chi connectivity index (χ0v) is 11.3. The maximum absolute atomic E-state index is 11.3. The minimum Gasteiger partial charge on any atom is -0.370 e. The minimum atomic E-state index is -2.79. The molecule has 0 bridgehead atoms. The molecule has 0 spiro atoms. The van der Waals surface area contributed by atoms with Crippen molar-refractivity contribution in [1.82, 2.24) is 4.98 Å². The van der Waals surface area contributed by atoms with Gasteiger partial charge in [-0.3, -0.25) is 0 Å². The zero-order chi connectivity index (χ0) is 13.0. The number of hydrogen-bond donors (Lipinski definition) is 2. The molecule has 5 nitrogen and oxygen atoms in total. The lowest BCUT2D eigenvalue weighted by Gasteiger charge is -2.11. The second-order valence-corrected chi connectivity index (χ2v) is 6.82. The Labute approximate surface area is 108 Å². The van der Waals surface area contributed by atoms with Gasteiger partial charge in [0, 0.05) is 13.1 Å². The van der Waals surface area contributed by atoms with Crippen LogP contribution in [0.15, 0.2) is 18.2 Å². The maximum Gasteiger partial charge on any atom is 0.150 e. The summed E-state index contributed by atoms with van der Waals surface area (Å²) < 4.78 is 22.7. The molecule has 1 aliphatic rings. The summed E-state index contributed by atoms with van der Waals surface area (Å²) >= 11 is 0. The molecule has 1 unspecified atom stereocenters. The molecule has 2 heterocycles. The summed E-state index contributed by atoms with van der Waals surface area (Å²) in [6.45, 7) is 3.52. The fraction of sp³-hybridized carbons (Fsp3) is 0.583. The molecule has 1 saturated heterocycles. The number of hydrogen-bond acceptors (Lipinski definition) is 5. The standard InChI is InChI=1S/C12H19N3O2S/c1-2-13-11-4-3-5-12(15-11)14-8-10-6-7-18(16,17)9-10/h3-5,10H,2,6-9H2,1H3,(H2,13,14,15). The highest BCUT2D eigenvalue weighted by Gasteiger charge is 2.27. The lowest BCUT2D eigenvalue weighted by atomic mass is 10.1. The number of nitrogens with zero attached hydrogens (tertiary/aromatic N) is 1. The summed E-state index contributed by atoms with van der Waals surface area (Å²) in [6, 6.07) is 5.73. The molecule has 100 valence electrons. The van der Waals surface area contributed by atoms with Gasteiger partial charge in [0.1, 0.15) is 11.6 Å². The van der Waals surface area contributed by atoms with E-state index in [-0.39, 0.29) is 5.92 Å². The van der Waals surface area contributed by atoms with Crippen molar-refractivity contribution in [2.45, 2.75) is 13.3 Å². The van der Waals surface area contributed by atoms with Gasteiger partial charge in [0.15, 0.2) is 9.84 Å². The number of pyridine rings is 1. The molecule has 0 aromatic carbocycles. The van der Waals surface area contributed by atoms with Crippen LogP contribution < -0.4 is 10.6 Å². The van der Waals surface area contributed by atoms with Gasteiger partial charge in [-0.1, -0.05) is 6.07 Å². The van der Waals surface area contributed by atoms with Crippen LogP contribution in [0, 0.1) is 5.92 Å². The van der Waals surface area contributed by atoms with Crippen LogP contribution in [-0.4, -0.2) is 38.0 Å². The van der Waals surface area contributed by atoms with Crippen molar-refractivity contribution in [2.75, 3.05) is 35.2 Å². The molecule has 0 amide bonds. The molecule has 2 N–H and O–H groups in total. The fourth-order valence-electron chi connectivity index (χ4n) is 2.09. The van der Waals surface area contributed by atoms with E-state index < -0.39 is 9.84 Å². The third-order valence-corrected chi connectivity index (χ3v) is 4.84. The highest BCUT2D eigenvalue weighted by Crippen LogP contribution is 2.19. The summed E-state index contributed by atoms with van der Waals surface area (Å²) in [4.78, 5) is 4.39. The summed E-state index contributed by atoms with van der Waals surface area (Å²) in [7, 11) is -2.79. The van der Waals surface area contributed by atoms with Crippen LogP contribution in [0.25, 0.3) is 0 Å². The Bertz CT molecular complexity index is 502. The molecule has 2 rings (SSSR count). The first-order valence-corrected chi connectivity index (χ1v) is 8.06. The van der Waals surface area contributed by atoms with Gasteiger partial charge >= 0.3 is 0 Å². The first kappa shape index (κ1) is 13.1. The third kappa shape index (κ3) is 3.60. The molecule has 0 saturated carbocycles. The van der Waals surface area contributed by atoms with Crippen LogP contribution in [0.4, 0.5) is 11.6 Å². The van der Waals surface area contributed by atoms with Crippen molar-refractivity contribution in [3.8, 4) is 0 Å². The maximum atomic E-state index is 11.3. The molecule has 1 aromatic heterocycles. The molecule has 1 aromatic rings. The number of aromatic nitrogens is 1. The second kappa shape index (κ2) is 5.56. The van der Waals surface area contributed by atoms with Gasteiger partial charge in [0.25, 0.3) is 0 Å². The first-order chi connectivity index (χ1) is 8.59. The third-order valence-electron chi connectivity index (χ3n) is 3.01. The number of nitrogens with one attached hydrogen (secondary N) is 2. The van der Waals surface area contributed by atoms with Gasteiger partial charge in [-0.25, -0.2) is 13.4 Å². The predicted molar refractivity (Wildman–Crippen MR) is 73.7 cm³/mol. The van der Waals surface area contributed by atoms with Crippen LogP contribution in [-0.2, 0) is 9.84 Å². The quantitative estimate of drug-likeness (QED) is 0.844. The van der Waals surface area contributed by atoms with E-state index in [9.17, 15) is 8.42 Å². The van der Waals surface area contributed by atoms with Gasteiger partial charge in [-0.15, -0.1) is 0 Å². The van der Waals surface area contributed by atoms with Crippen molar-refractivity contribution in [1.29, 1.82) is 0 Å². The molecule has 18 heavy (non-hydrogen) atoms. The molecule has 1 fully saturated rings. The summed E-state index contributed by atoms with van der Waals surface area (Å²) in [5.74, 6) is 2.45. The van der Waals surface area contributed by atoms with E-state index >= 15 is 0 Å². The van der Waals surface area contributed by atoms with E-state index in [2.05, 4.69) is 15.6 Å². The van der Waals surface area contributed by atoms with Crippen molar-refractivity contribution >= 4 is 21.5 Å². The molecule has 1 aliphatic heterocycles. The Morgan fingerprint density at radius 3 is 2.67 bits per heavy atom. The van der Waals surface area contributed by atoms with Crippen LogP contribution in [0.2, 0.25) is 0 Å². The van der Waals surface area contributed by atoms with Gasteiger partial charge < -0.3 is 10.6 Å². The number of rotatable bonds is 5. The van der Waals surface area contributed by atoms with Gasteiger partial charge in [0.05, 0.1) is 11.5 Å². The largest absolute Gasteiger partial charge is 0.370 e. The first-order valence-electron chi connectivity index (χ1n) is 6.24. The predicted octanol–water partition coefficient (Wildman–Crippen LogP) is 1.36. The van der Waals surface area contributed by atoms with Crippen molar-refractivity contribution in [3.05, 3.63) is 18.2 Å².